The topological polar surface area (TPSA) is 26.0 Å². The van der Waals surface area contributed by atoms with Crippen molar-refractivity contribution in [2.75, 3.05) is 0 Å². The van der Waals surface area contributed by atoms with Crippen molar-refractivity contribution >= 4 is 0 Å². The van der Waals surface area contributed by atoms with E-state index in [0.717, 1.165) is 0 Å². The summed E-state index contributed by atoms with van der Waals surface area (Å²) in [5.74, 6) is 0.542. The molecule has 0 amide bonds. The monoisotopic (exact) mass is 151 g/mol. The van der Waals surface area contributed by atoms with Gasteiger partial charge in [0, 0.05) is 6.04 Å². The van der Waals surface area contributed by atoms with Crippen molar-refractivity contribution in [1.29, 1.82) is 0 Å². The van der Waals surface area contributed by atoms with Crippen LogP contribution in [0.2, 0.25) is 0 Å². The fraction of sp³-hybridized carbons (Fsp3) is 0.600. The van der Waals surface area contributed by atoms with Crippen LogP contribution in [-0.2, 0) is 0 Å². The van der Waals surface area contributed by atoms with Crippen LogP contribution >= 0.6 is 0 Å². The lowest BCUT2D eigenvalue weighted by molar-refractivity contribution is 0.534. The Morgan fingerprint density at radius 1 is 1.45 bits per heavy atom. The van der Waals surface area contributed by atoms with Crippen molar-refractivity contribution in [3.8, 4) is 0 Å². The van der Waals surface area contributed by atoms with Crippen LogP contribution in [0.15, 0.2) is 23.8 Å². The number of rotatable bonds is 2. The Morgan fingerprint density at radius 3 is 2.64 bits per heavy atom. The van der Waals surface area contributed by atoms with Crippen LogP contribution in [0.3, 0.4) is 0 Å². The molecule has 0 aliphatic heterocycles. The maximum atomic E-state index is 5.80. The summed E-state index contributed by atoms with van der Waals surface area (Å²) in [5, 5.41) is 0. The molecule has 2 N–H and O–H groups in total. The van der Waals surface area contributed by atoms with Crippen LogP contribution in [-0.4, -0.2) is 6.04 Å². The van der Waals surface area contributed by atoms with Crippen LogP contribution in [0.1, 0.15) is 26.7 Å². The summed E-state index contributed by atoms with van der Waals surface area (Å²) in [7, 11) is 0. The molecule has 0 saturated carbocycles. The van der Waals surface area contributed by atoms with Crippen LogP contribution in [0.4, 0.5) is 0 Å². The van der Waals surface area contributed by atoms with Gasteiger partial charge in [-0.2, -0.15) is 0 Å². The lowest BCUT2D eigenvalue weighted by atomic mass is 9.89. The van der Waals surface area contributed by atoms with Crippen molar-refractivity contribution in [1.82, 2.24) is 0 Å². The normalized spacial score (nSPS) is 22.6. The second kappa shape index (κ2) is 3.72. The first-order valence-corrected chi connectivity index (χ1v) is 4.33. The van der Waals surface area contributed by atoms with E-state index in [0.29, 0.717) is 5.92 Å². The smallest absolute Gasteiger partial charge is 0.00735 e. The molecule has 0 fully saturated rings. The third-order valence-corrected chi connectivity index (χ3v) is 2.42. The van der Waals surface area contributed by atoms with Gasteiger partial charge in [0.05, 0.1) is 0 Å². The molecule has 1 rings (SSSR count). The first kappa shape index (κ1) is 8.54. The fourth-order valence-electron chi connectivity index (χ4n) is 1.34. The van der Waals surface area contributed by atoms with E-state index >= 15 is 0 Å². The van der Waals surface area contributed by atoms with Gasteiger partial charge in [0.25, 0.3) is 0 Å². The van der Waals surface area contributed by atoms with E-state index in [9.17, 15) is 0 Å². The van der Waals surface area contributed by atoms with Gasteiger partial charge < -0.3 is 5.73 Å². The van der Waals surface area contributed by atoms with Crippen LogP contribution in [0.25, 0.3) is 0 Å². The average Bonchev–Trinajstić information content (AvgIpc) is 2.05. The van der Waals surface area contributed by atoms with Crippen molar-refractivity contribution in [3.63, 3.8) is 0 Å². The Bertz CT molecular complexity index is 177. The van der Waals surface area contributed by atoms with Gasteiger partial charge in [0.15, 0.2) is 0 Å². The fourth-order valence-corrected chi connectivity index (χ4v) is 1.34. The third kappa shape index (κ3) is 2.19. The number of allylic oxidation sites excluding steroid dienone is 3. The molecule has 0 aromatic rings. The molecule has 0 aromatic heterocycles. The summed E-state index contributed by atoms with van der Waals surface area (Å²) < 4.78 is 0. The molecule has 0 saturated heterocycles. The van der Waals surface area contributed by atoms with E-state index in [4.69, 9.17) is 5.73 Å². The van der Waals surface area contributed by atoms with Crippen LogP contribution < -0.4 is 5.73 Å². The number of hydrogen-bond donors (Lipinski definition) is 1. The zero-order valence-corrected chi connectivity index (χ0v) is 7.38. The molecule has 0 heterocycles. The van der Waals surface area contributed by atoms with Gasteiger partial charge in [-0.05, 0) is 25.7 Å². The van der Waals surface area contributed by atoms with E-state index in [1.165, 1.54) is 18.4 Å². The predicted octanol–water partition coefficient (Wildman–Crippen LogP) is 2.25. The molecule has 0 bridgehead atoms. The standard InChI is InChI=1S/C10H17N/c1-8(9(2)11)10-6-4-3-5-7-10/h3-4,6,8-9H,5,7,11H2,1-2H3. The first-order chi connectivity index (χ1) is 5.22. The Morgan fingerprint density at radius 2 is 2.18 bits per heavy atom. The Kier molecular flexibility index (Phi) is 2.89. The van der Waals surface area contributed by atoms with Gasteiger partial charge in [-0.15, -0.1) is 0 Å². The van der Waals surface area contributed by atoms with E-state index < -0.39 is 0 Å². The van der Waals surface area contributed by atoms with E-state index in [2.05, 4.69) is 32.1 Å². The SMILES string of the molecule is CC(N)C(C)C1=CC=CCC1. The molecular weight excluding hydrogens is 134 g/mol. The summed E-state index contributed by atoms with van der Waals surface area (Å²) in [6, 6.07) is 0.285. The summed E-state index contributed by atoms with van der Waals surface area (Å²) >= 11 is 0. The van der Waals surface area contributed by atoms with E-state index in [1.807, 2.05) is 0 Å². The van der Waals surface area contributed by atoms with Gasteiger partial charge in [-0.25, -0.2) is 0 Å². The van der Waals surface area contributed by atoms with Crippen LogP contribution in [0.5, 0.6) is 0 Å². The molecular formula is C10H17N. The first-order valence-electron chi connectivity index (χ1n) is 4.33. The summed E-state index contributed by atoms with van der Waals surface area (Å²) in [6.45, 7) is 4.28. The van der Waals surface area contributed by atoms with Crippen molar-refractivity contribution < 1.29 is 0 Å². The predicted molar refractivity (Wildman–Crippen MR) is 49.3 cm³/mol. The highest BCUT2D eigenvalue weighted by Gasteiger charge is 2.12. The minimum atomic E-state index is 0.285. The highest BCUT2D eigenvalue weighted by atomic mass is 14.6. The number of nitrogens with two attached hydrogens (primary N) is 1. The maximum absolute atomic E-state index is 5.80. The molecule has 11 heavy (non-hydrogen) atoms. The van der Waals surface area contributed by atoms with Crippen molar-refractivity contribution in [2.45, 2.75) is 32.7 Å². The third-order valence-electron chi connectivity index (χ3n) is 2.42. The molecule has 0 aromatic carbocycles. The second-order valence-corrected chi connectivity index (χ2v) is 3.36. The van der Waals surface area contributed by atoms with Crippen LogP contribution in [0, 0.1) is 5.92 Å². The number of hydrogen-bond acceptors (Lipinski definition) is 1. The largest absolute Gasteiger partial charge is 0.327 e. The van der Waals surface area contributed by atoms with Crippen molar-refractivity contribution in [2.24, 2.45) is 11.7 Å². The highest BCUT2D eigenvalue weighted by molar-refractivity contribution is 5.20. The molecule has 1 nitrogen and oxygen atoms in total. The molecule has 1 heteroatoms. The van der Waals surface area contributed by atoms with E-state index in [-0.39, 0.29) is 6.04 Å². The second-order valence-electron chi connectivity index (χ2n) is 3.36. The molecule has 2 unspecified atom stereocenters. The molecule has 0 spiro atoms. The lowest BCUT2D eigenvalue weighted by Crippen LogP contribution is -2.25. The molecule has 62 valence electrons. The van der Waals surface area contributed by atoms with Gasteiger partial charge in [-0.3, -0.25) is 0 Å². The molecule has 2 atom stereocenters. The zero-order valence-electron chi connectivity index (χ0n) is 7.38. The quantitative estimate of drug-likeness (QED) is 0.643. The highest BCUT2D eigenvalue weighted by Crippen LogP contribution is 2.21. The van der Waals surface area contributed by atoms with Gasteiger partial charge >= 0.3 is 0 Å². The lowest BCUT2D eigenvalue weighted by Gasteiger charge is -2.20. The minimum absolute atomic E-state index is 0.285. The molecule has 0 radical (unpaired) electrons. The summed E-state index contributed by atoms with van der Waals surface area (Å²) in [5.41, 5.74) is 7.30. The molecule has 1 aliphatic rings. The van der Waals surface area contributed by atoms with E-state index in [1.54, 1.807) is 0 Å². The maximum Gasteiger partial charge on any atom is 0.00735 e. The van der Waals surface area contributed by atoms with Gasteiger partial charge in [-0.1, -0.05) is 30.7 Å². The minimum Gasteiger partial charge on any atom is -0.327 e. The summed E-state index contributed by atoms with van der Waals surface area (Å²) in [6.07, 6.45) is 8.93. The van der Waals surface area contributed by atoms with Gasteiger partial charge in [0.2, 0.25) is 0 Å². The Hall–Kier alpha value is -0.560. The molecule has 1 aliphatic carbocycles. The van der Waals surface area contributed by atoms with Gasteiger partial charge in [0.1, 0.15) is 0 Å². The summed E-state index contributed by atoms with van der Waals surface area (Å²) in [4.78, 5) is 0. The zero-order chi connectivity index (χ0) is 8.27. The Labute approximate surface area is 69.0 Å². The average molecular weight is 151 g/mol. The van der Waals surface area contributed by atoms with Crippen molar-refractivity contribution in [3.05, 3.63) is 23.8 Å². The Balaban J connectivity index is 2.58.